The molecule has 0 aromatic carbocycles. The number of nitriles is 4. The standard InChI is InChI=1S/C8N6S4/c9-1-15-5-6(16-2-10)14-8(18-4-12)7(13-5)17-3-11. The zero-order valence-corrected chi connectivity index (χ0v) is 11.6. The average molecular weight is 308 g/mol. The van der Waals surface area contributed by atoms with Gasteiger partial charge in [0, 0.05) is 47.0 Å². The van der Waals surface area contributed by atoms with E-state index >= 15 is 0 Å². The van der Waals surface area contributed by atoms with Crippen LogP contribution in [0.5, 0.6) is 0 Å². The molecule has 0 aliphatic carbocycles. The minimum absolute atomic E-state index is 0.254. The van der Waals surface area contributed by atoms with E-state index in [0.29, 0.717) is 0 Å². The van der Waals surface area contributed by atoms with E-state index in [9.17, 15) is 0 Å². The molecule has 10 heteroatoms. The molecule has 1 rings (SSSR count). The van der Waals surface area contributed by atoms with Crippen molar-refractivity contribution in [3.8, 4) is 21.6 Å². The van der Waals surface area contributed by atoms with Gasteiger partial charge in [-0.3, -0.25) is 0 Å². The average Bonchev–Trinajstić information content (AvgIpc) is 2.35. The van der Waals surface area contributed by atoms with Crippen molar-refractivity contribution in [1.82, 2.24) is 9.97 Å². The lowest BCUT2D eigenvalue weighted by Crippen LogP contribution is -1.94. The molecule has 0 bridgehead atoms. The summed E-state index contributed by atoms with van der Waals surface area (Å²) in [6, 6.07) is 0. The molecular formula is C8N6S4. The fourth-order valence-electron chi connectivity index (χ4n) is 0.815. The van der Waals surface area contributed by atoms with Gasteiger partial charge < -0.3 is 0 Å². The van der Waals surface area contributed by atoms with Crippen LogP contribution < -0.4 is 0 Å². The third-order valence-corrected chi connectivity index (χ3v) is 3.88. The molecule has 0 unspecified atom stereocenters. The highest BCUT2D eigenvalue weighted by Crippen LogP contribution is 2.34. The van der Waals surface area contributed by atoms with Gasteiger partial charge >= 0.3 is 0 Å². The molecule has 18 heavy (non-hydrogen) atoms. The fourth-order valence-corrected chi connectivity index (χ4v) is 2.86. The highest BCUT2D eigenvalue weighted by molar-refractivity contribution is 8.07. The van der Waals surface area contributed by atoms with Gasteiger partial charge in [-0.15, -0.1) is 0 Å². The second-order valence-electron chi connectivity index (χ2n) is 2.22. The zero-order chi connectivity index (χ0) is 13.4. The number of hydrogen-bond donors (Lipinski definition) is 0. The van der Waals surface area contributed by atoms with Crippen LogP contribution in [-0.2, 0) is 0 Å². The Kier molecular flexibility index (Phi) is 6.21. The van der Waals surface area contributed by atoms with E-state index in [1.807, 2.05) is 21.6 Å². The summed E-state index contributed by atoms with van der Waals surface area (Å²) in [5.74, 6) is 0. The molecular weight excluding hydrogens is 308 g/mol. The maximum absolute atomic E-state index is 8.63. The Hall–Kier alpha value is -1.56. The number of hydrogen-bond acceptors (Lipinski definition) is 10. The Bertz CT molecular complexity index is 510. The molecule has 0 N–H and O–H groups in total. The van der Waals surface area contributed by atoms with Gasteiger partial charge in [-0.2, -0.15) is 21.0 Å². The van der Waals surface area contributed by atoms with Gasteiger partial charge in [-0.25, -0.2) is 9.97 Å². The number of thioether (sulfide) groups is 4. The quantitative estimate of drug-likeness (QED) is 0.606. The van der Waals surface area contributed by atoms with Crippen molar-refractivity contribution in [3.05, 3.63) is 0 Å². The smallest absolute Gasteiger partial charge is 0.145 e. The van der Waals surface area contributed by atoms with Gasteiger partial charge in [-0.1, -0.05) is 0 Å². The van der Waals surface area contributed by atoms with Crippen molar-refractivity contribution < 1.29 is 0 Å². The highest BCUT2D eigenvalue weighted by atomic mass is 32.2. The Morgan fingerprint density at radius 3 is 0.944 bits per heavy atom. The number of nitrogens with zero attached hydrogens (tertiary/aromatic N) is 6. The predicted molar refractivity (Wildman–Crippen MR) is 67.9 cm³/mol. The van der Waals surface area contributed by atoms with Crippen molar-refractivity contribution in [3.63, 3.8) is 0 Å². The zero-order valence-electron chi connectivity index (χ0n) is 8.32. The molecule has 0 saturated heterocycles. The minimum Gasteiger partial charge on any atom is -0.227 e. The predicted octanol–water partition coefficient (Wildman–Crippen LogP) is 2.77. The van der Waals surface area contributed by atoms with Crippen molar-refractivity contribution >= 4 is 47.0 Å². The van der Waals surface area contributed by atoms with E-state index < -0.39 is 0 Å². The van der Waals surface area contributed by atoms with Crippen molar-refractivity contribution in [1.29, 1.82) is 21.0 Å². The summed E-state index contributed by atoms with van der Waals surface area (Å²) in [5.41, 5.74) is 0. The van der Waals surface area contributed by atoms with Crippen molar-refractivity contribution in [2.75, 3.05) is 0 Å². The minimum atomic E-state index is 0.254. The first-order chi connectivity index (χ1) is 8.76. The topological polar surface area (TPSA) is 121 Å². The molecule has 6 nitrogen and oxygen atoms in total. The summed E-state index contributed by atoms with van der Waals surface area (Å²) in [7, 11) is 0. The van der Waals surface area contributed by atoms with Crippen LogP contribution in [0.15, 0.2) is 20.1 Å². The number of aromatic nitrogens is 2. The molecule has 1 aromatic rings. The normalized spacial score (nSPS) is 8.67. The first-order valence-electron chi connectivity index (χ1n) is 3.92. The first-order valence-corrected chi connectivity index (χ1v) is 7.19. The van der Waals surface area contributed by atoms with Crippen molar-refractivity contribution in [2.24, 2.45) is 0 Å². The molecule has 0 aliphatic rings. The fraction of sp³-hybridized carbons (Fsp3) is 0. The van der Waals surface area contributed by atoms with Gasteiger partial charge in [0.05, 0.1) is 0 Å². The van der Waals surface area contributed by atoms with Crippen LogP contribution >= 0.6 is 47.0 Å². The van der Waals surface area contributed by atoms with Crippen molar-refractivity contribution in [2.45, 2.75) is 20.1 Å². The first kappa shape index (κ1) is 14.5. The van der Waals surface area contributed by atoms with E-state index in [4.69, 9.17) is 21.0 Å². The van der Waals surface area contributed by atoms with E-state index in [1.165, 1.54) is 0 Å². The third kappa shape index (κ3) is 3.73. The van der Waals surface area contributed by atoms with E-state index in [1.54, 1.807) is 0 Å². The van der Waals surface area contributed by atoms with E-state index in [-0.39, 0.29) is 20.1 Å². The lowest BCUT2D eigenvalue weighted by Gasteiger charge is -2.04. The Balaban J connectivity index is 3.33. The number of thiocyanates is 4. The maximum atomic E-state index is 8.63. The Morgan fingerprint density at radius 1 is 0.556 bits per heavy atom. The van der Waals surface area contributed by atoms with Crippen LogP contribution in [0, 0.1) is 42.7 Å². The maximum Gasteiger partial charge on any atom is 0.145 e. The molecule has 0 atom stereocenters. The molecule has 0 aliphatic heterocycles. The SMILES string of the molecule is N#CSc1nc(SC#N)c(SC#N)nc1SC#N. The van der Waals surface area contributed by atoms with Crippen LogP contribution in [0.25, 0.3) is 0 Å². The van der Waals surface area contributed by atoms with Gasteiger partial charge in [-0.05, 0) is 0 Å². The van der Waals surface area contributed by atoms with Crippen LogP contribution in [0.1, 0.15) is 0 Å². The van der Waals surface area contributed by atoms with Crippen LogP contribution in [0.4, 0.5) is 0 Å². The van der Waals surface area contributed by atoms with Crippen LogP contribution in [-0.4, -0.2) is 9.97 Å². The monoisotopic (exact) mass is 308 g/mol. The molecule has 1 heterocycles. The molecule has 1 aromatic heterocycles. The molecule has 86 valence electrons. The van der Waals surface area contributed by atoms with Gasteiger partial charge in [0.15, 0.2) is 0 Å². The molecule has 0 radical (unpaired) electrons. The summed E-state index contributed by atoms with van der Waals surface area (Å²) >= 11 is 3.02. The molecule has 0 fully saturated rings. The van der Waals surface area contributed by atoms with E-state index in [0.717, 1.165) is 47.0 Å². The lowest BCUT2D eigenvalue weighted by atomic mass is 10.7. The summed E-state index contributed by atoms with van der Waals surface area (Å²) in [4.78, 5) is 8.13. The molecule has 0 spiro atoms. The summed E-state index contributed by atoms with van der Waals surface area (Å²) in [5, 5.41) is 42.9. The summed E-state index contributed by atoms with van der Waals surface area (Å²) < 4.78 is 0. The highest BCUT2D eigenvalue weighted by Gasteiger charge is 2.16. The molecule has 0 amide bonds. The van der Waals surface area contributed by atoms with Crippen LogP contribution in [0.3, 0.4) is 0 Å². The summed E-state index contributed by atoms with van der Waals surface area (Å²) in [6.45, 7) is 0. The second-order valence-corrected chi connectivity index (χ2v) is 5.31. The van der Waals surface area contributed by atoms with E-state index in [2.05, 4.69) is 9.97 Å². The van der Waals surface area contributed by atoms with Gasteiger partial charge in [0.25, 0.3) is 0 Å². The van der Waals surface area contributed by atoms with Gasteiger partial charge in [0.2, 0.25) is 0 Å². The lowest BCUT2D eigenvalue weighted by molar-refractivity contribution is 0.772. The number of rotatable bonds is 4. The Morgan fingerprint density at radius 2 is 0.778 bits per heavy atom. The third-order valence-electron chi connectivity index (χ3n) is 1.34. The largest absolute Gasteiger partial charge is 0.227 e. The summed E-state index contributed by atoms with van der Waals surface area (Å²) in [6.07, 6.45) is 0. The Labute approximate surface area is 119 Å². The molecule has 0 saturated carbocycles. The van der Waals surface area contributed by atoms with Gasteiger partial charge in [0.1, 0.15) is 41.7 Å². The van der Waals surface area contributed by atoms with Crippen LogP contribution in [0.2, 0.25) is 0 Å². The second kappa shape index (κ2) is 7.71.